The molecule has 0 heterocycles. The third-order valence-corrected chi connectivity index (χ3v) is 3.83. The van der Waals surface area contributed by atoms with Gasteiger partial charge in [0.25, 0.3) is 0 Å². The molecule has 0 spiro atoms. The number of para-hydroxylation sites is 1. The van der Waals surface area contributed by atoms with E-state index >= 15 is 0 Å². The summed E-state index contributed by atoms with van der Waals surface area (Å²) in [6.45, 7) is 5.34. The largest absolute Gasteiger partial charge is 0.490 e. The first-order chi connectivity index (χ1) is 12.6. The summed E-state index contributed by atoms with van der Waals surface area (Å²) in [5.74, 6) is 1.30. The number of carbonyl (C=O) groups is 1. The number of rotatable bonds is 10. The number of nitrogens with one attached hydrogen (secondary N) is 1. The van der Waals surface area contributed by atoms with Crippen LogP contribution in [0.15, 0.2) is 42.5 Å². The van der Waals surface area contributed by atoms with Crippen LogP contribution in [0.1, 0.15) is 38.7 Å². The van der Waals surface area contributed by atoms with Gasteiger partial charge < -0.3 is 20.5 Å². The first-order valence-corrected chi connectivity index (χ1v) is 9.17. The van der Waals surface area contributed by atoms with Gasteiger partial charge in [-0.05, 0) is 43.0 Å². The van der Waals surface area contributed by atoms with Gasteiger partial charge in [-0.3, -0.25) is 4.79 Å². The third-order valence-electron chi connectivity index (χ3n) is 3.83. The quantitative estimate of drug-likeness (QED) is 0.567. The number of aryl methyl sites for hydroxylation is 1. The zero-order valence-electron chi connectivity index (χ0n) is 16.0. The monoisotopic (exact) mass is 392 g/mol. The van der Waals surface area contributed by atoms with Gasteiger partial charge in [0.15, 0.2) is 11.5 Å². The van der Waals surface area contributed by atoms with Crippen LogP contribution in [0.3, 0.4) is 0 Å². The normalized spacial score (nSPS) is 10.0. The number of anilines is 2. The van der Waals surface area contributed by atoms with E-state index in [9.17, 15) is 4.79 Å². The number of ether oxygens (including phenoxy) is 2. The summed E-state index contributed by atoms with van der Waals surface area (Å²) >= 11 is 0. The molecule has 27 heavy (non-hydrogen) atoms. The number of hydrogen-bond acceptors (Lipinski definition) is 4. The van der Waals surface area contributed by atoms with Gasteiger partial charge in [-0.1, -0.05) is 32.0 Å². The van der Waals surface area contributed by atoms with Gasteiger partial charge in [-0.15, -0.1) is 12.4 Å². The Hall–Kier alpha value is -2.40. The number of nitrogen functional groups attached to an aromatic ring is 1. The van der Waals surface area contributed by atoms with Gasteiger partial charge in [0.1, 0.15) is 0 Å². The van der Waals surface area contributed by atoms with Gasteiger partial charge in [0, 0.05) is 23.9 Å². The Morgan fingerprint density at radius 1 is 1.00 bits per heavy atom. The number of nitrogens with two attached hydrogens (primary N) is 1. The zero-order chi connectivity index (χ0) is 18.8. The highest BCUT2D eigenvalue weighted by Gasteiger charge is 2.10. The van der Waals surface area contributed by atoms with E-state index in [1.165, 1.54) is 0 Å². The van der Waals surface area contributed by atoms with Crippen molar-refractivity contribution >= 4 is 29.7 Å². The van der Waals surface area contributed by atoms with Gasteiger partial charge >= 0.3 is 0 Å². The Balaban J connectivity index is 0.00000364. The van der Waals surface area contributed by atoms with Gasteiger partial charge in [0.05, 0.1) is 13.2 Å². The minimum Gasteiger partial charge on any atom is -0.490 e. The third kappa shape index (κ3) is 7.39. The summed E-state index contributed by atoms with van der Waals surface area (Å²) in [6.07, 6.45) is 2.81. The average Bonchev–Trinajstić information content (AvgIpc) is 2.65. The van der Waals surface area contributed by atoms with Crippen molar-refractivity contribution in [3.8, 4) is 11.5 Å². The molecule has 0 aliphatic rings. The van der Waals surface area contributed by atoms with E-state index in [2.05, 4.69) is 12.2 Å². The summed E-state index contributed by atoms with van der Waals surface area (Å²) in [7, 11) is 0. The predicted octanol–water partition coefficient (Wildman–Crippen LogP) is 4.84. The molecule has 2 rings (SSSR count). The molecule has 148 valence electrons. The SMILES string of the molecule is CCCOc1ccc(NC(=O)CCc2ccccc2N)cc1OCCC.Cl. The molecule has 0 unspecified atom stereocenters. The maximum Gasteiger partial charge on any atom is 0.224 e. The molecular weight excluding hydrogens is 364 g/mol. The number of benzene rings is 2. The van der Waals surface area contributed by atoms with Crippen LogP contribution in [-0.4, -0.2) is 19.1 Å². The second-order valence-electron chi connectivity index (χ2n) is 6.11. The Labute approximate surface area is 167 Å². The molecule has 2 aromatic carbocycles. The number of halogens is 1. The lowest BCUT2D eigenvalue weighted by atomic mass is 10.1. The predicted molar refractivity (Wildman–Crippen MR) is 113 cm³/mol. The lowest BCUT2D eigenvalue weighted by Crippen LogP contribution is -2.13. The fourth-order valence-electron chi connectivity index (χ4n) is 2.48. The van der Waals surface area contributed by atoms with Crippen LogP contribution in [0.5, 0.6) is 11.5 Å². The van der Waals surface area contributed by atoms with Crippen molar-refractivity contribution in [2.75, 3.05) is 24.3 Å². The fourth-order valence-corrected chi connectivity index (χ4v) is 2.48. The molecule has 5 nitrogen and oxygen atoms in total. The van der Waals surface area contributed by atoms with Crippen molar-refractivity contribution in [2.24, 2.45) is 0 Å². The summed E-state index contributed by atoms with van der Waals surface area (Å²) < 4.78 is 11.5. The van der Waals surface area contributed by atoms with Crippen molar-refractivity contribution < 1.29 is 14.3 Å². The van der Waals surface area contributed by atoms with E-state index in [0.717, 1.165) is 18.4 Å². The second-order valence-corrected chi connectivity index (χ2v) is 6.11. The number of amides is 1. The maximum atomic E-state index is 12.3. The van der Waals surface area contributed by atoms with Crippen LogP contribution >= 0.6 is 12.4 Å². The second kappa shape index (κ2) is 12.1. The van der Waals surface area contributed by atoms with Crippen molar-refractivity contribution in [3.63, 3.8) is 0 Å². The Morgan fingerprint density at radius 2 is 1.67 bits per heavy atom. The molecule has 0 saturated carbocycles. The highest BCUT2D eigenvalue weighted by Crippen LogP contribution is 2.31. The topological polar surface area (TPSA) is 73.6 Å². The molecular formula is C21H29ClN2O3. The summed E-state index contributed by atoms with van der Waals surface area (Å²) in [5.41, 5.74) is 8.32. The summed E-state index contributed by atoms with van der Waals surface area (Å²) in [6, 6.07) is 13.1. The van der Waals surface area contributed by atoms with Crippen LogP contribution in [0, 0.1) is 0 Å². The molecule has 2 aromatic rings. The highest BCUT2D eigenvalue weighted by atomic mass is 35.5. The van der Waals surface area contributed by atoms with E-state index in [-0.39, 0.29) is 18.3 Å². The molecule has 1 amide bonds. The molecule has 0 aromatic heterocycles. The van der Waals surface area contributed by atoms with E-state index in [4.69, 9.17) is 15.2 Å². The van der Waals surface area contributed by atoms with Crippen LogP contribution < -0.4 is 20.5 Å². The fraction of sp³-hybridized carbons (Fsp3) is 0.381. The molecule has 0 aliphatic carbocycles. The van der Waals surface area contributed by atoms with Crippen LogP contribution in [0.4, 0.5) is 11.4 Å². The van der Waals surface area contributed by atoms with Crippen LogP contribution in [-0.2, 0) is 11.2 Å². The van der Waals surface area contributed by atoms with Crippen molar-refractivity contribution in [1.82, 2.24) is 0 Å². The lowest BCUT2D eigenvalue weighted by Gasteiger charge is -2.14. The first-order valence-electron chi connectivity index (χ1n) is 9.17. The van der Waals surface area contributed by atoms with Crippen LogP contribution in [0.2, 0.25) is 0 Å². The molecule has 0 saturated heterocycles. The van der Waals surface area contributed by atoms with Crippen LogP contribution in [0.25, 0.3) is 0 Å². The van der Waals surface area contributed by atoms with E-state index in [0.29, 0.717) is 48.9 Å². The Kier molecular flexibility index (Phi) is 10.1. The Morgan fingerprint density at radius 3 is 2.33 bits per heavy atom. The molecule has 0 radical (unpaired) electrons. The lowest BCUT2D eigenvalue weighted by molar-refractivity contribution is -0.116. The van der Waals surface area contributed by atoms with Crippen molar-refractivity contribution in [1.29, 1.82) is 0 Å². The molecule has 6 heteroatoms. The van der Waals surface area contributed by atoms with E-state index in [1.807, 2.05) is 49.4 Å². The zero-order valence-corrected chi connectivity index (χ0v) is 16.8. The van der Waals surface area contributed by atoms with Gasteiger partial charge in [-0.25, -0.2) is 0 Å². The number of hydrogen-bond donors (Lipinski definition) is 2. The average molecular weight is 393 g/mol. The van der Waals surface area contributed by atoms with Gasteiger partial charge in [-0.2, -0.15) is 0 Å². The molecule has 0 atom stereocenters. The summed E-state index contributed by atoms with van der Waals surface area (Å²) in [5, 5.41) is 2.92. The Bertz CT molecular complexity index is 722. The standard InChI is InChI=1S/C21H28N2O3.ClH/c1-3-13-25-19-11-10-17(15-20(19)26-14-4-2)23-21(24)12-9-16-7-5-6-8-18(16)22;/h5-8,10-11,15H,3-4,9,12-14,22H2,1-2H3,(H,23,24);1H. The minimum atomic E-state index is -0.0584. The van der Waals surface area contributed by atoms with E-state index < -0.39 is 0 Å². The van der Waals surface area contributed by atoms with Gasteiger partial charge in [0.2, 0.25) is 5.91 Å². The minimum absolute atomic E-state index is 0. The van der Waals surface area contributed by atoms with E-state index in [1.54, 1.807) is 0 Å². The summed E-state index contributed by atoms with van der Waals surface area (Å²) in [4.78, 5) is 12.3. The molecule has 0 aliphatic heterocycles. The number of carbonyl (C=O) groups excluding carboxylic acids is 1. The molecule has 0 fully saturated rings. The molecule has 3 N–H and O–H groups in total. The first kappa shape index (κ1) is 22.6. The maximum absolute atomic E-state index is 12.3. The smallest absolute Gasteiger partial charge is 0.224 e. The van der Waals surface area contributed by atoms with Crippen molar-refractivity contribution in [2.45, 2.75) is 39.5 Å². The highest BCUT2D eigenvalue weighted by molar-refractivity contribution is 5.91. The molecule has 0 bridgehead atoms. The van der Waals surface area contributed by atoms with Crippen molar-refractivity contribution in [3.05, 3.63) is 48.0 Å².